The molecule has 0 saturated heterocycles. The third-order valence-electron chi connectivity index (χ3n) is 4.39. The lowest BCUT2D eigenvalue weighted by Crippen LogP contribution is -2.29. The molecule has 1 aliphatic heterocycles. The number of rotatable bonds is 5. The van der Waals surface area contributed by atoms with Crippen LogP contribution in [0.1, 0.15) is 24.0 Å². The van der Waals surface area contributed by atoms with Crippen LogP contribution in [0, 0.1) is 0 Å². The molecule has 23 heavy (non-hydrogen) atoms. The molecule has 0 aliphatic carbocycles. The van der Waals surface area contributed by atoms with Crippen LogP contribution in [0.5, 0.6) is 11.5 Å². The van der Waals surface area contributed by atoms with Crippen LogP contribution in [0.25, 0.3) is 0 Å². The number of methoxy groups -OCH3 is 2. The molecule has 0 N–H and O–H groups in total. The van der Waals surface area contributed by atoms with Gasteiger partial charge >= 0.3 is 0 Å². The van der Waals surface area contributed by atoms with Crippen molar-refractivity contribution in [2.24, 2.45) is 0 Å². The second-order valence-corrected chi connectivity index (χ2v) is 5.58. The Morgan fingerprint density at radius 2 is 1.87 bits per heavy atom. The zero-order valence-corrected chi connectivity index (χ0v) is 13.7. The van der Waals surface area contributed by atoms with E-state index >= 15 is 0 Å². The normalized spacial score (nSPS) is 16.4. The molecule has 1 amide bonds. The summed E-state index contributed by atoms with van der Waals surface area (Å²) in [5.41, 5.74) is 3.09. The number of carbonyl (C=O) groups is 1. The minimum absolute atomic E-state index is 0.151. The van der Waals surface area contributed by atoms with Crippen molar-refractivity contribution < 1.29 is 14.3 Å². The summed E-state index contributed by atoms with van der Waals surface area (Å²) in [7, 11) is 3.29. The topological polar surface area (TPSA) is 38.8 Å². The first-order valence-corrected chi connectivity index (χ1v) is 7.80. The molecule has 120 valence electrons. The van der Waals surface area contributed by atoms with Gasteiger partial charge in [0.1, 0.15) is 11.5 Å². The summed E-state index contributed by atoms with van der Waals surface area (Å²) in [5.74, 6) is 1.53. The van der Waals surface area contributed by atoms with E-state index in [9.17, 15) is 4.79 Å². The van der Waals surface area contributed by atoms with E-state index in [0.717, 1.165) is 28.3 Å². The number of para-hydroxylation sites is 1. The SMILES string of the molecule is CCN1C(=O)[C@@H](Cc2cc(OC)ccc2OC)c2ccccc21. The van der Waals surface area contributed by atoms with Crippen LogP contribution in [0.15, 0.2) is 42.5 Å². The molecule has 1 aliphatic rings. The third kappa shape index (κ3) is 2.65. The lowest BCUT2D eigenvalue weighted by molar-refractivity contribution is -0.119. The predicted molar refractivity (Wildman–Crippen MR) is 90.5 cm³/mol. The Hall–Kier alpha value is -2.49. The third-order valence-corrected chi connectivity index (χ3v) is 4.39. The van der Waals surface area contributed by atoms with Gasteiger partial charge in [-0.1, -0.05) is 18.2 Å². The first kappa shape index (κ1) is 15.4. The predicted octanol–water partition coefficient (Wildman–Crippen LogP) is 3.40. The standard InChI is InChI=1S/C19H21NO3/c1-4-20-17-8-6-5-7-15(17)16(19(20)21)12-13-11-14(22-2)9-10-18(13)23-3/h5-11,16H,4,12H2,1-3H3/t16-/m0/s1. The van der Waals surface area contributed by atoms with E-state index in [1.165, 1.54) is 0 Å². The molecule has 3 rings (SSSR count). The molecule has 0 radical (unpaired) electrons. The lowest BCUT2D eigenvalue weighted by atomic mass is 9.92. The zero-order valence-electron chi connectivity index (χ0n) is 13.7. The Balaban J connectivity index is 1.99. The number of anilines is 1. The summed E-state index contributed by atoms with van der Waals surface area (Å²) in [6.45, 7) is 2.69. The second-order valence-electron chi connectivity index (χ2n) is 5.58. The number of hydrogen-bond acceptors (Lipinski definition) is 3. The monoisotopic (exact) mass is 311 g/mol. The fourth-order valence-corrected chi connectivity index (χ4v) is 3.25. The van der Waals surface area contributed by atoms with Crippen LogP contribution in [0.3, 0.4) is 0 Å². The quantitative estimate of drug-likeness (QED) is 0.849. The fraction of sp³-hybridized carbons (Fsp3) is 0.316. The van der Waals surface area contributed by atoms with Crippen molar-refractivity contribution in [2.45, 2.75) is 19.3 Å². The van der Waals surface area contributed by atoms with Crippen molar-refractivity contribution in [1.82, 2.24) is 0 Å². The Bertz CT molecular complexity index is 726. The first-order valence-electron chi connectivity index (χ1n) is 7.80. The molecule has 0 spiro atoms. The number of ether oxygens (including phenoxy) is 2. The fourth-order valence-electron chi connectivity index (χ4n) is 3.25. The van der Waals surface area contributed by atoms with Gasteiger partial charge in [-0.3, -0.25) is 4.79 Å². The molecule has 2 aromatic rings. The Morgan fingerprint density at radius 3 is 2.57 bits per heavy atom. The van der Waals surface area contributed by atoms with E-state index in [0.29, 0.717) is 13.0 Å². The van der Waals surface area contributed by atoms with E-state index in [1.807, 2.05) is 54.3 Å². The smallest absolute Gasteiger partial charge is 0.234 e. The van der Waals surface area contributed by atoms with E-state index in [1.54, 1.807) is 14.2 Å². The van der Waals surface area contributed by atoms with Crippen LogP contribution in [-0.4, -0.2) is 26.7 Å². The van der Waals surface area contributed by atoms with Crippen molar-refractivity contribution >= 4 is 11.6 Å². The van der Waals surface area contributed by atoms with Gasteiger partial charge in [-0.05, 0) is 48.7 Å². The van der Waals surface area contributed by atoms with Crippen molar-refractivity contribution in [3.05, 3.63) is 53.6 Å². The van der Waals surface area contributed by atoms with Crippen molar-refractivity contribution in [1.29, 1.82) is 0 Å². The van der Waals surface area contributed by atoms with Gasteiger partial charge < -0.3 is 14.4 Å². The van der Waals surface area contributed by atoms with Gasteiger partial charge in [0.2, 0.25) is 5.91 Å². The highest BCUT2D eigenvalue weighted by atomic mass is 16.5. The summed E-state index contributed by atoms with van der Waals surface area (Å²) >= 11 is 0. The van der Waals surface area contributed by atoms with Gasteiger partial charge in [0.05, 0.1) is 20.1 Å². The van der Waals surface area contributed by atoms with Gasteiger partial charge in [0, 0.05) is 12.2 Å². The molecule has 1 atom stereocenters. The second kappa shape index (κ2) is 6.32. The maximum atomic E-state index is 12.8. The van der Waals surface area contributed by atoms with E-state index in [-0.39, 0.29) is 11.8 Å². The number of carbonyl (C=O) groups excluding carboxylic acids is 1. The van der Waals surface area contributed by atoms with Crippen molar-refractivity contribution in [3.63, 3.8) is 0 Å². The molecular weight excluding hydrogens is 290 g/mol. The van der Waals surface area contributed by atoms with Crippen LogP contribution >= 0.6 is 0 Å². The van der Waals surface area contributed by atoms with Gasteiger partial charge in [0.25, 0.3) is 0 Å². The molecule has 2 aromatic carbocycles. The summed E-state index contributed by atoms with van der Waals surface area (Å²) in [6, 6.07) is 13.7. The van der Waals surface area contributed by atoms with Gasteiger partial charge in [-0.25, -0.2) is 0 Å². The Labute approximate surface area is 136 Å². The number of fused-ring (bicyclic) bond motifs is 1. The lowest BCUT2D eigenvalue weighted by Gasteiger charge is -2.16. The molecular formula is C19H21NO3. The minimum Gasteiger partial charge on any atom is -0.497 e. The number of nitrogens with zero attached hydrogens (tertiary/aromatic N) is 1. The molecule has 4 heteroatoms. The van der Waals surface area contributed by atoms with Crippen molar-refractivity contribution in [3.8, 4) is 11.5 Å². The molecule has 0 saturated carbocycles. The molecule has 1 heterocycles. The van der Waals surface area contributed by atoms with E-state index < -0.39 is 0 Å². The van der Waals surface area contributed by atoms with Crippen molar-refractivity contribution in [2.75, 3.05) is 25.7 Å². The first-order chi connectivity index (χ1) is 11.2. The van der Waals surface area contributed by atoms with Gasteiger partial charge in [-0.2, -0.15) is 0 Å². The van der Waals surface area contributed by atoms with Crippen LogP contribution in [-0.2, 0) is 11.2 Å². The Morgan fingerprint density at radius 1 is 1.09 bits per heavy atom. The number of amides is 1. The number of benzene rings is 2. The van der Waals surface area contributed by atoms with E-state index in [2.05, 4.69) is 0 Å². The maximum Gasteiger partial charge on any atom is 0.234 e. The van der Waals surface area contributed by atoms with Crippen LogP contribution in [0.2, 0.25) is 0 Å². The highest BCUT2D eigenvalue weighted by Gasteiger charge is 2.36. The largest absolute Gasteiger partial charge is 0.497 e. The minimum atomic E-state index is -0.174. The zero-order chi connectivity index (χ0) is 16.4. The average Bonchev–Trinajstić information content (AvgIpc) is 2.86. The van der Waals surface area contributed by atoms with E-state index in [4.69, 9.17) is 9.47 Å². The van der Waals surface area contributed by atoms with Crippen LogP contribution in [0.4, 0.5) is 5.69 Å². The Kier molecular flexibility index (Phi) is 4.24. The summed E-state index contributed by atoms with van der Waals surface area (Å²) < 4.78 is 10.8. The average molecular weight is 311 g/mol. The summed E-state index contributed by atoms with van der Waals surface area (Å²) in [4.78, 5) is 14.7. The summed E-state index contributed by atoms with van der Waals surface area (Å²) in [5, 5.41) is 0. The maximum absolute atomic E-state index is 12.8. The highest BCUT2D eigenvalue weighted by molar-refractivity contribution is 6.05. The number of hydrogen-bond donors (Lipinski definition) is 0. The van der Waals surface area contributed by atoms with Gasteiger partial charge in [0.15, 0.2) is 0 Å². The molecule has 0 unspecified atom stereocenters. The van der Waals surface area contributed by atoms with Gasteiger partial charge in [-0.15, -0.1) is 0 Å². The highest BCUT2D eigenvalue weighted by Crippen LogP contribution is 2.40. The summed E-state index contributed by atoms with van der Waals surface area (Å²) in [6.07, 6.45) is 0.604. The molecule has 0 aromatic heterocycles. The number of likely N-dealkylation sites (N-methyl/N-ethyl adjacent to an activating group) is 1. The van der Waals surface area contributed by atoms with Crippen LogP contribution < -0.4 is 14.4 Å². The molecule has 4 nitrogen and oxygen atoms in total. The molecule has 0 bridgehead atoms. The molecule has 0 fully saturated rings.